The van der Waals surface area contributed by atoms with Gasteiger partial charge in [-0.15, -0.1) is 0 Å². The maximum Gasteiger partial charge on any atom is 0.0352 e. The number of rotatable bonds is 11. The number of benzene rings is 1. The molecule has 2 N–H and O–H groups in total. The largest absolute Gasteiger partial charge is 0.384 e. The van der Waals surface area contributed by atoms with Gasteiger partial charge in [0.1, 0.15) is 0 Å². The third-order valence-electron chi connectivity index (χ3n) is 8.47. The molecule has 5 unspecified atom stereocenters. The van der Waals surface area contributed by atoms with Crippen molar-refractivity contribution in [3.8, 4) is 0 Å². The number of hydrogen-bond acceptors (Lipinski definition) is 2. The summed E-state index contributed by atoms with van der Waals surface area (Å²) in [5, 5.41) is 7.22. The van der Waals surface area contributed by atoms with Crippen LogP contribution in [0, 0.1) is 11.8 Å². The lowest BCUT2D eigenvalue weighted by Gasteiger charge is -2.35. The van der Waals surface area contributed by atoms with E-state index in [1.165, 1.54) is 34.3 Å². The monoisotopic (exact) mass is 472 g/mol. The van der Waals surface area contributed by atoms with E-state index in [0.717, 1.165) is 50.0 Å². The molecule has 0 radical (unpaired) electrons. The van der Waals surface area contributed by atoms with Gasteiger partial charge in [0, 0.05) is 29.6 Å². The molecule has 1 aliphatic carbocycles. The van der Waals surface area contributed by atoms with Crippen molar-refractivity contribution in [3.63, 3.8) is 0 Å². The smallest absolute Gasteiger partial charge is 0.0352 e. The normalized spacial score (nSPS) is 28.3. The minimum absolute atomic E-state index is 0.117. The SMILES string of the molecule is C=C/C=C(\CC)Cc1ccc2c(c1)C(C(=C)CC1CC(C)NCC1C)CC2(C)C(=C)NCC(=C)C. The number of allylic oxidation sites excluding steroid dienone is 5. The molecule has 0 aromatic heterocycles. The molecule has 0 amide bonds. The van der Waals surface area contributed by atoms with E-state index in [2.05, 4.69) is 89.3 Å². The van der Waals surface area contributed by atoms with Crippen molar-refractivity contribution in [2.24, 2.45) is 11.8 Å². The van der Waals surface area contributed by atoms with Crippen molar-refractivity contribution in [2.75, 3.05) is 13.1 Å². The van der Waals surface area contributed by atoms with Gasteiger partial charge >= 0.3 is 0 Å². The van der Waals surface area contributed by atoms with E-state index in [1.54, 1.807) is 0 Å². The van der Waals surface area contributed by atoms with Crippen LogP contribution in [0.5, 0.6) is 0 Å². The molecule has 190 valence electrons. The van der Waals surface area contributed by atoms with Gasteiger partial charge in [-0.3, -0.25) is 0 Å². The molecule has 2 aliphatic rings. The van der Waals surface area contributed by atoms with E-state index < -0.39 is 0 Å². The van der Waals surface area contributed by atoms with Crippen LogP contribution < -0.4 is 10.6 Å². The predicted octanol–water partition coefficient (Wildman–Crippen LogP) is 7.76. The van der Waals surface area contributed by atoms with E-state index in [-0.39, 0.29) is 5.41 Å². The predicted molar refractivity (Wildman–Crippen MR) is 154 cm³/mol. The quantitative estimate of drug-likeness (QED) is 0.254. The topological polar surface area (TPSA) is 24.1 Å². The van der Waals surface area contributed by atoms with Gasteiger partial charge in [0.15, 0.2) is 0 Å². The average Bonchev–Trinajstić information content (AvgIpc) is 3.12. The maximum atomic E-state index is 4.72. The van der Waals surface area contributed by atoms with Gasteiger partial charge in [-0.1, -0.05) is 87.2 Å². The lowest BCUT2D eigenvalue weighted by molar-refractivity contribution is 0.228. The second-order valence-corrected chi connectivity index (χ2v) is 11.5. The van der Waals surface area contributed by atoms with Crippen LogP contribution in [0.15, 0.2) is 79.1 Å². The van der Waals surface area contributed by atoms with Gasteiger partial charge in [0.25, 0.3) is 0 Å². The summed E-state index contributed by atoms with van der Waals surface area (Å²) >= 11 is 0. The van der Waals surface area contributed by atoms with Gasteiger partial charge < -0.3 is 10.6 Å². The van der Waals surface area contributed by atoms with Crippen molar-refractivity contribution in [1.82, 2.24) is 10.6 Å². The zero-order valence-corrected chi connectivity index (χ0v) is 23.0. The van der Waals surface area contributed by atoms with Crippen LogP contribution in [0.3, 0.4) is 0 Å². The molecule has 35 heavy (non-hydrogen) atoms. The molecule has 1 saturated heterocycles. The number of hydrogen-bond donors (Lipinski definition) is 2. The van der Waals surface area contributed by atoms with Crippen molar-refractivity contribution >= 4 is 0 Å². The number of nitrogens with one attached hydrogen (secondary N) is 2. The molecule has 2 nitrogen and oxygen atoms in total. The Bertz CT molecular complexity index is 996. The van der Waals surface area contributed by atoms with Crippen LogP contribution in [-0.4, -0.2) is 19.1 Å². The van der Waals surface area contributed by atoms with Crippen LogP contribution >= 0.6 is 0 Å². The third kappa shape index (κ3) is 6.28. The van der Waals surface area contributed by atoms with Crippen molar-refractivity contribution in [3.05, 3.63) is 95.8 Å². The van der Waals surface area contributed by atoms with Gasteiger partial charge in [0.05, 0.1) is 0 Å². The van der Waals surface area contributed by atoms with E-state index in [9.17, 15) is 0 Å². The van der Waals surface area contributed by atoms with E-state index in [4.69, 9.17) is 6.58 Å². The molecular formula is C33H48N2. The van der Waals surface area contributed by atoms with Gasteiger partial charge in [0.2, 0.25) is 0 Å². The highest BCUT2D eigenvalue weighted by Crippen LogP contribution is 2.53. The second kappa shape index (κ2) is 11.6. The van der Waals surface area contributed by atoms with E-state index in [1.807, 2.05) is 6.08 Å². The lowest BCUT2D eigenvalue weighted by atomic mass is 9.76. The molecule has 0 saturated carbocycles. The fraction of sp³-hybridized carbons (Fsp3) is 0.515. The minimum atomic E-state index is -0.117. The maximum absolute atomic E-state index is 4.72. The van der Waals surface area contributed by atoms with Crippen LogP contribution in [-0.2, 0) is 11.8 Å². The van der Waals surface area contributed by atoms with Crippen LogP contribution in [0.2, 0.25) is 0 Å². The first kappa shape index (κ1) is 27.3. The summed E-state index contributed by atoms with van der Waals surface area (Å²) in [5.41, 5.74) is 9.15. The summed E-state index contributed by atoms with van der Waals surface area (Å²) in [4.78, 5) is 0. The minimum Gasteiger partial charge on any atom is -0.384 e. The highest BCUT2D eigenvalue weighted by molar-refractivity contribution is 5.52. The first-order chi connectivity index (χ1) is 16.6. The Balaban J connectivity index is 1.94. The fourth-order valence-electron chi connectivity index (χ4n) is 6.06. The third-order valence-corrected chi connectivity index (χ3v) is 8.47. The molecule has 1 heterocycles. The Morgan fingerprint density at radius 1 is 1.23 bits per heavy atom. The Hall–Kier alpha value is -2.32. The molecule has 2 heteroatoms. The summed E-state index contributed by atoms with van der Waals surface area (Å²) in [6, 6.07) is 7.73. The first-order valence-electron chi connectivity index (χ1n) is 13.5. The standard InChI is InChI=1S/C33H48N2/c1-10-12-27(11-2)17-28-13-14-32-30(18-28)31(19-33(32,9)26(8)35-20-22(3)4)23(5)15-29-16-25(7)34-21-24(29)6/h10,12-14,18,24-25,29,31,34-35H,1,3,5,8,11,15-17,19-21H2,2,4,6-7,9H3/b27-12+. The van der Waals surface area contributed by atoms with Crippen molar-refractivity contribution in [1.29, 1.82) is 0 Å². The molecular weight excluding hydrogens is 424 g/mol. The second-order valence-electron chi connectivity index (χ2n) is 11.5. The first-order valence-corrected chi connectivity index (χ1v) is 13.5. The van der Waals surface area contributed by atoms with Crippen LogP contribution in [0.25, 0.3) is 0 Å². The molecule has 1 aromatic rings. The van der Waals surface area contributed by atoms with Gasteiger partial charge in [-0.05, 0) is 87.9 Å². The number of fused-ring (bicyclic) bond motifs is 1. The highest BCUT2D eigenvalue weighted by atomic mass is 14.9. The van der Waals surface area contributed by atoms with E-state index in [0.29, 0.717) is 23.8 Å². The Morgan fingerprint density at radius 2 is 1.97 bits per heavy atom. The summed E-state index contributed by atoms with van der Waals surface area (Å²) in [5.74, 6) is 1.75. The zero-order chi connectivity index (χ0) is 25.8. The van der Waals surface area contributed by atoms with Crippen LogP contribution in [0.4, 0.5) is 0 Å². The Morgan fingerprint density at radius 3 is 2.63 bits per heavy atom. The molecule has 0 bridgehead atoms. The molecule has 1 aromatic carbocycles. The fourth-order valence-corrected chi connectivity index (χ4v) is 6.06. The van der Waals surface area contributed by atoms with E-state index >= 15 is 0 Å². The summed E-state index contributed by atoms with van der Waals surface area (Å²) in [6.45, 7) is 30.4. The van der Waals surface area contributed by atoms with Gasteiger partial charge in [-0.2, -0.15) is 0 Å². The Kier molecular flexibility index (Phi) is 9.05. The lowest BCUT2D eigenvalue weighted by Crippen LogP contribution is -2.41. The van der Waals surface area contributed by atoms with Crippen molar-refractivity contribution < 1.29 is 0 Å². The summed E-state index contributed by atoms with van der Waals surface area (Å²) < 4.78 is 0. The molecule has 1 fully saturated rings. The highest BCUT2D eigenvalue weighted by Gasteiger charge is 2.43. The molecule has 5 atom stereocenters. The van der Waals surface area contributed by atoms with Crippen molar-refractivity contribution in [2.45, 2.75) is 84.1 Å². The van der Waals surface area contributed by atoms with Gasteiger partial charge in [-0.25, -0.2) is 0 Å². The molecule has 1 aliphatic heterocycles. The number of piperidine rings is 1. The Labute approximate surface area is 215 Å². The summed E-state index contributed by atoms with van der Waals surface area (Å²) in [6.07, 6.45) is 9.47. The zero-order valence-electron chi connectivity index (χ0n) is 23.0. The summed E-state index contributed by atoms with van der Waals surface area (Å²) in [7, 11) is 0. The van der Waals surface area contributed by atoms with Crippen LogP contribution in [0.1, 0.15) is 82.9 Å². The molecule has 0 spiro atoms. The molecule has 3 rings (SSSR count). The average molecular weight is 473 g/mol.